The minimum Gasteiger partial charge on any atom is -0.211 e. The van der Waals surface area contributed by atoms with Crippen molar-refractivity contribution in [3.05, 3.63) is 0 Å². The van der Waals surface area contributed by atoms with E-state index in [4.69, 9.17) is 0 Å². The largest absolute Gasteiger partial charge is 0.235 e. The van der Waals surface area contributed by atoms with E-state index < -0.39 is 0 Å². The molecule has 0 aromatic rings. The minimum atomic E-state index is 0.223. The second kappa shape index (κ2) is 3.40. The lowest BCUT2D eigenvalue weighted by Gasteiger charge is -2.36. The minimum absolute atomic E-state index is 0.223. The van der Waals surface area contributed by atoms with Crippen molar-refractivity contribution >= 4 is 6.08 Å². The maximum absolute atomic E-state index is 10.1. The molecule has 68 valence electrons. The lowest BCUT2D eigenvalue weighted by atomic mass is 9.71. The van der Waals surface area contributed by atoms with Crippen molar-refractivity contribution in [2.45, 2.75) is 46.1 Å². The van der Waals surface area contributed by atoms with Gasteiger partial charge in [-0.2, -0.15) is 0 Å². The maximum atomic E-state index is 10.1. The van der Waals surface area contributed by atoms with E-state index in [1.165, 1.54) is 6.42 Å². The quantitative estimate of drug-likeness (QED) is 0.436. The number of nitrogens with zero attached hydrogens (tertiary/aromatic N) is 1. The summed E-state index contributed by atoms with van der Waals surface area (Å²) in [4.78, 5) is 13.9. The molecule has 0 heterocycles. The molecule has 1 aliphatic rings. The predicted molar refractivity (Wildman–Crippen MR) is 48.7 cm³/mol. The van der Waals surface area contributed by atoms with Crippen LogP contribution in [0.1, 0.15) is 40.0 Å². The van der Waals surface area contributed by atoms with Crippen molar-refractivity contribution in [3.8, 4) is 0 Å². The van der Waals surface area contributed by atoms with Gasteiger partial charge in [0.1, 0.15) is 0 Å². The van der Waals surface area contributed by atoms with Crippen molar-refractivity contribution in [2.75, 3.05) is 0 Å². The van der Waals surface area contributed by atoms with Crippen LogP contribution in [0.25, 0.3) is 0 Å². The van der Waals surface area contributed by atoms with Gasteiger partial charge < -0.3 is 0 Å². The van der Waals surface area contributed by atoms with Gasteiger partial charge in [-0.1, -0.05) is 20.8 Å². The summed E-state index contributed by atoms with van der Waals surface area (Å²) < 4.78 is 0. The van der Waals surface area contributed by atoms with Gasteiger partial charge in [-0.15, -0.1) is 0 Å². The van der Waals surface area contributed by atoms with Crippen LogP contribution in [0, 0.1) is 11.3 Å². The number of isocyanates is 1. The maximum Gasteiger partial charge on any atom is 0.235 e. The SMILES string of the molecule is CC1CC(N=C=O)CC(C)(C)C1. The average Bonchev–Trinajstić information content (AvgIpc) is 1.82. The van der Waals surface area contributed by atoms with Gasteiger partial charge in [0.15, 0.2) is 0 Å². The van der Waals surface area contributed by atoms with E-state index in [1.54, 1.807) is 6.08 Å². The van der Waals surface area contributed by atoms with Crippen LogP contribution < -0.4 is 0 Å². The molecule has 0 amide bonds. The molecule has 12 heavy (non-hydrogen) atoms. The molecule has 2 atom stereocenters. The summed E-state index contributed by atoms with van der Waals surface area (Å²) in [6, 6.07) is 0.223. The van der Waals surface area contributed by atoms with Gasteiger partial charge in [0.05, 0.1) is 6.04 Å². The first-order valence-corrected chi connectivity index (χ1v) is 4.60. The molecular formula is C10H17NO. The molecule has 1 saturated carbocycles. The van der Waals surface area contributed by atoms with Crippen LogP contribution in [0.4, 0.5) is 0 Å². The zero-order valence-electron chi connectivity index (χ0n) is 8.13. The van der Waals surface area contributed by atoms with Crippen LogP contribution in [0.15, 0.2) is 4.99 Å². The molecule has 2 heteroatoms. The molecule has 1 fully saturated rings. The van der Waals surface area contributed by atoms with Crippen LogP contribution in [0.3, 0.4) is 0 Å². The second-order valence-corrected chi connectivity index (χ2v) is 4.79. The summed E-state index contributed by atoms with van der Waals surface area (Å²) in [5.41, 5.74) is 0.350. The molecule has 0 saturated heterocycles. The van der Waals surface area contributed by atoms with Crippen LogP contribution in [0.5, 0.6) is 0 Å². The first kappa shape index (κ1) is 9.47. The molecule has 0 bridgehead atoms. The van der Waals surface area contributed by atoms with Crippen LogP contribution in [-0.4, -0.2) is 12.1 Å². The summed E-state index contributed by atoms with van der Waals surface area (Å²) in [5.74, 6) is 0.691. The Bertz CT molecular complexity index is 204. The average molecular weight is 167 g/mol. The summed E-state index contributed by atoms with van der Waals surface area (Å²) in [6.07, 6.45) is 5.01. The molecule has 2 unspecified atom stereocenters. The summed E-state index contributed by atoms with van der Waals surface area (Å²) in [7, 11) is 0. The van der Waals surface area contributed by atoms with E-state index in [0.29, 0.717) is 11.3 Å². The fraction of sp³-hybridized carbons (Fsp3) is 0.900. The zero-order valence-corrected chi connectivity index (χ0v) is 8.13. The van der Waals surface area contributed by atoms with Gasteiger partial charge in [0.2, 0.25) is 6.08 Å². The van der Waals surface area contributed by atoms with Gasteiger partial charge in [-0.25, -0.2) is 9.79 Å². The van der Waals surface area contributed by atoms with E-state index in [2.05, 4.69) is 25.8 Å². The van der Waals surface area contributed by atoms with Crippen LogP contribution >= 0.6 is 0 Å². The van der Waals surface area contributed by atoms with E-state index in [9.17, 15) is 4.79 Å². The third-order valence-electron chi connectivity index (χ3n) is 2.60. The van der Waals surface area contributed by atoms with Crippen molar-refractivity contribution in [1.82, 2.24) is 0 Å². The Morgan fingerprint density at radius 3 is 2.58 bits per heavy atom. The summed E-state index contributed by atoms with van der Waals surface area (Å²) >= 11 is 0. The first-order chi connectivity index (χ1) is 5.53. The molecule has 0 radical (unpaired) electrons. The molecule has 1 rings (SSSR count). The van der Waals surface area contributed by atoms with Crippen molar-refractivity contribution < 1.29 is 4.79 Å². The zero-order chi connectivity index (χ0) is 9.19. The van der Waals surface area contributed by atoms with Gasteiger partial charge in [0, 0.05) is 0 Å². The lowest BCUT2D eigenvalue weighted by molar-refractivity contribution is 0.171. The van der Waals surface area contributed by atoms with E-state index in [0.717, 1.165) is 12.8 Å². The molecule has 0 spiro atoms. The second-order valence-electron chi connectivity index (χ2n) is 4.79. The summed E-state index contributed by atoms with van der Waals surface area (Å²) in [6.45, 7) is 6.72. The molecule has 0 N–H and O–H groups in total. The van der Waals surface area contributed by atoms with E-state index >= 15 is 0 Å². The van der Waals surface area contributed by atoms with E-state index in [1.807, 2.05) is 0 Å². The first-order valence-electron chi connectivity index (χ1n) is 4.60. The number of rotatable bonds is 1. The van der Waals surface area contributed by atoms with Crippen LogP contribution in [0.2, 0.25) is 0 Å². The number of carbonyl (C=O) groups excluding carboxylic acids is 1. The Kier molecular flexibility index (Phi) is 2.69. The standard InChI is InChI=1S/C10H17NO/c1-8-4-9(11-7-12)6-10(2,3)5-8/h8-9H,4-6H2,1-3H3. The van der Waals surface area contributed by atoms with Gasteiger partial charge in [-0.05, 0) is 30.6 Å². The third-order valence-corrected chi connectivity index (χ3v) is 2.60. The Labute approximate surface area is 74.1 Å². The highest BCUT2D eigenvalue weighted by molar-refractivity contribution is 5.33. The Morgan fingerprint density at radius 2 is 2.08 bits per heavy atom. The normalized spacial score (nSPS) is 33.9. The lowest BCUT2D eigenvalue weighted by Crippen LogP contribution is -2.29. The molecule has 0 aliphatic heterocycles. The molecule has 0 aromatic carbocycles. The monoisotopic (exact) mass is 167 g/mol. The number of aliphatic imine (C=N–C) groups is 1. The van der Waals surface area contributed by atoms with Gasteiger partial charge in [-0.3, -0.25) is 0 Å². The Morgan fingerprint density at radius 1 is 1.42 bits per heavy atom. The number of hydrogen-bond acceptors (Lipinski definition) is 2. The van der Waals surface area contributed by atoms with E-state index in [-0.39, 0.29) is 6.04 Å². The van der Waals surface area contributed by atoms with Gasteiger partial charge >= 0.3 is 0 Å². The smallest absolute Gasteiger partial charge is 0.211 e. The predicted octanol–water partition coefficient (Wildman–Crippen LogP) is 2.54. The molecule has 0 aromatic heterocycles. The Balaban J connectivity index is 2.63. The van der Waals surface area contributed by atoms with Crippen LogP contribution in [-0.2, 0) is 4.79 Å². The fourth-order valence-electron chi connectivity index (χ4n) is 2.47. The topological polar surface area (TPSA) is 29.4 Å². The highest BCUT2D eigenvalue weighted by atomic mass is 16.1. The molecule has 2 nitrogen and oxygen atoms in total. The van der Waals surface area contributed by atoms with Gasteiger partial charge in [0.25, 0.3) is 0 Å². The third kappa shape index (κ3) is 2.46. The fourth-order valence-corrected chi connectivity index (χ4v) is 2.47. The van der Waals surface area contributed by atoms with Crippen molar-refractivity contribution in [1.29, 1.82) is 0 Å². The molecule has 1 aliphatic carbocycles. The van der Waals surface area contributed by atoms with Crippen molar-refractivity contribution in [3.63, 3.8) is 0 Å². The highest BCUT2D eigenvalue weighted by Gasteiger charge is 2.31. The molecular weight excluding hydrogens is 150 g/mol. The Hall–Kier alpha value is -0.620. The summed E-state index contributed by atoms with van der Waals surface area (Å²) in [5, 5.41) is 0. The number of hydrogen-bond donors (Lipinski definition) is 0. The highest BCUT2D eigenvalue weighted by Crippen LogP contribution is 2.39. The van der Waals surface area contributed by atoms with Crippen molar-refractivity contribution in [2.24, 2.45) is 16.3 Å².